The molecular weight excluding hydrogens is 183 g/mol. The monoisotopic (exact) mass is 185 g/mol. The lowest BCUT2D eigenvalue weighted by Gasteiger charge is -2.17. The van der Waals surface area contributed by atoms with Crippen molar-refractivity contribution >= 4 is 6.34 Å². The molecule has 0 aromatic heterocycles. The van der Waals surface area contributed by atoms with Crippen molar-refractivity contribution in [1.82, 2.24) is 5.32 Å². The van der Waals surface area contributed by atoms with Gasteiger partial charge in [-0.1, -0.05) is 0 Å². The van der Waals surface area contributed by atoms with Crippen LogP contribution in [0.15, 0.2) is 16.9 Å². The van der Waals surface area contributed by atoms with Crippen molar-refractivity contribution in [3.63, 3.8) is 0 Å². The number of alkyl halides is 5. The van der Waals surface area contributed by atoms with Gasteiger partial charge in [0.05, 0.1) is 6.20 Å². The highest BCUT2D eigenvalue weighted by molar-refractivity contribution is 5.61. The van der Waals surface area contributed by atoms with Gasteiger partial charge in [0.25, 0.3) is 0 Å². The summed E-state index contributed by atoms with van der Waals surface area (Å²) < 4.78 is 59.3. The molecule has 0 amide bonds. The maximum absolute atomic E-state index is 12.3. The molecule has 7 heteroatoms. The molecule has 0 N–H and O–H groups in total. The lowest BCUT2D eigenvalue weighted by atomic mass is 10.2. The van der Waals surface area contributed by atoms with E-state index < -0.39 is 17.8 Å². The van der Waals surface area contributed by atoms with E-state index in [-0.39, 0.29) is 0 Å². The van der Waals surface area contributed by atoms with Crippen LogP contribution in [0.1, 0.15) is 0 Å². The molecule has 0 aromatic carbocycles. The van der Waals surface area contributed by atoms with Gasteiger partial charge in [-0.15, -0.1) is 0 Å². The van der Waals surface area contributed by atoms with E-state index in [9.17, 15) is 22.0 Å². The highest BCUT2D eigenvalue weighted by Gasteiger charge is 2.61. The largest absolute Gasteiger partial charge is 0.459 e. The minimum absolute atomic E-state index is 0.382. The molecule has 1 rings (SSSR count). The van der Waals surface area contributed by atoms with Crippen LogP contribution in [0.3, 0.4) is 0 Å². The molecule has 0 spiro atoms. The highest BCUT2D eigenvalue weighted by atomic mass is 19.4. The van der Waals surface area contributed by atoms with E-state index in [0.29, 0.717) is 12.5 Å². The SMILES string of the molecule is FC(F)(F)C(F)(F)C1=C[N]C=N1. The molecule has 0 bridgehead atoms. The number of nitrogens with zero attached hydrogens (tertiary/aromatic N) is 2. The van der Waals surface area contributed by atoms with Crippen molar-refractivity contribution < 1.29 is 22.0 Å². The van der Waals surface area contributed by atoms with Gasteiger partial charge < -0.3 is 0 Å². The summed E-state index contributed by atoms with van der Waals surface area (Å²) in [6.07, 6.45) is -4.60. The fourth-order valence-corrected chi connectivity index (χ4v) is 0.540. The van der Waals surface area contributed by atoms with Gasteiger partial charge >= 0.3 is 12.1 Å². The van der Waals surface area contributed by atoms with Crippen LogP contribution in [0.5, 0.6) is 0 Å². The number of rotatable bonds is 1. The van der Waals surface area contributed by atoms with Crippen LogP contribution in [0, 0.1) is 0 Å². The van der Waals surface area contributed by atoms with Gasteiger partial charge in [-0.3, -0.25) is 0 Å². The Morgan fingerprint density at radius 2 is 1.67 bits per heavy atom. The topological polar surface area (TPSA) is 26.5 Å². The average Bonchev–Trinajstić information content (AvgIpc) is 2.34. The van der Waals surface area contributed by atoms with Crippen LogP contribution in [0.25, 0.3) is 0 Å². The maximum Gasteiger partial charge on any atom is 0.459 e. The molecule has 0 saturated carbocycles. The zero-order chi connectivity index (χ0) is 9.41. The van der Waals surface area contributed by atoms with E-state index in [1.165, 1.54) is 0 Å². The molecule has 1 radical (unpaired) electrons. The van der Waals surface area contributed by atoms with Gasteiger partial charge in [0.15, 0.2) is 0 Å². The molecule has 12 heavy (non-hydrogen) atoms. The van der Waals surface area contributed by atoms with Crippen LogP contribution in [0.2, 0.25) is 0 Å². The summed E-state index contributed by atoms with van der Waals surface area (Å²) in [7, 11) is 0. The van der Waals surface area contributed by atoms with Crippen molar-refractivity contribution in [2.24, 2.45) is 4.99 Å². The van der Waals surface area contributed by atoms with Gasteiger partial charge in [-0.2, -0.15) is 22.0 Å². The summed E-state index contributed by atoms with van der Waals surface area (Å²) in [6, 6.07) is 0. The Bertz CT molecular complexity index is 239. The molecule has 2 nitrogen and oxygen atoms in total. The maximum atomic E-state index is 12.3. The third-order valence-corrected chi connectivity index (χ3v) is 1.14. The van der Waals surface area contributed by atoms with Crippen LogP contribution < -0.4 is 5.32 Å². The summed E-state index contributed by atoms with van der Waals surface area (Å²) in [5.41, 5.74) is -1.38. The minimum atomic E-state index is -5.62. The van der Waals surface area contributed by atoms with Crippen LogP contribution in [-0.2, 0) is 0 Å². The standard InChI is InChI=1S/C5H2F5N2/c6-4(7,5(8,9)10)3-1-11-2-12-3/h1-2H. The predicted molar refractivity (Wildman–Crippen MR) is 29.7 cm³/mol. The third-order valence-electron chi connectivity index (χ3n) is 1.14. The third kappa shape index (κ3) is 1.26. The highest BCUT2D eigenvalue weighted by Crippen LogP contribution is 2.41. The molecule has 0 aliphatic carbocycles. The number of allylic oxidation sites excluding steroid dienone is 1. The van der Waals surface area contributed by atoms with Crippen molar-refractivity contribution in [1.29, 1.82) is 0 Å². The second-order valence-electron chi connectivity index (χ2n) is 1.98. The fraction of sp³-hybridized carbons (Fsp3) is 0.400. The second-order valence-corrected chi connectivity index (χ2v) is 1.98. The summed E-state index contributed by atoms with van der Waals surface area (Å²) >= 11 is 0. The van der Waals surface area contributed by atoms with Crippen LogP contribution in [0.4, 0.5) is 22.0 Å². The van der Waals surface area contributed by atoms with Gasteiger partial charge in [0.2, 0.25) is 0 Å². The molecular formula is C5H2F5N2. The van der Waals surface area contributed by atoms with Gasteiger partial charge in [0, 0.05) is 0 Å². The average molecular weight is 185 g/mol. The van der Waals surface area contributed by atoms with Crippen LogP contribution in [-0.4, -0.2) is 18.4 Å². The summed E-state index contributed by atoms with van der Waals surface area (Å²) in [4.78, 5) is 2.77. The summed E-state index contributed by atoms with van der Waals surface area (Å²) in [6.45, 7) is 0. The first kappa shape index (κ1) is 8.95. The Hall–Kier alpha value is -1.14. The molecule has 0 unspecified atom stereocenters. The van der Waals surface area contributed by atoms with Crippen molar-refractivity contribution in [3.8, 4) is 0 Å². The smallest absolute Gasteiger partial charge is 0.243 e. The quantitative estimate of drug-likeness (QED) is 0.555. The predicted octanol–water partition coefficient (Wildman–Crippen LogP) is 1.67. The summed E-state index contributed by atoms with van der Waals surface area (Å²) in [5.74, 6) is -4.91. The normalized spacial score (nSPS) is 17.6. The van der Waals surface area contributed by atoms with Crippen molar-refractivity contribution in [3.05, 3.63) is 11.9 Å². The van der Waals surface area contributed by atoms with E-state index in [4.69, 9.17) is 0 Å². The second kappa shape index (κ2) is 2.43. The van der Waals surface area contributed by atoms with Crippen LogP contribution >= 0.6 is 0 Å². The molecule has 67 valence electrons. The van der Waals surface area contributed by atoms with Crippen molar-refractivity contribution in [2.45, 2.75) is 12.1 Å². The summed E-state index contributed by atoms with van der Waals surface area (Å²) in [5, 5.41) is 3.01. The molecule has 0 saturated heterocycles. The number of aliphatic imine (C=N–C) groups is 1. The van der Waals surface area contributed by atoms with E-state index >= 15 is 0 Å². The Morgan fingerprint density at radius 1 is 1.08 bits per heavy atom. The Kier molecular flexibility index (Phi) is 1.81. The first-order valence-electron chi connectivity index (χ1n) is 2.73. The number of hydrogen-bond donors (Lipinski definition) is 0. The molecule has 1 aliphatic rings. The zero-order valence-electron chi connectivity index (χ0n) is 5.44. The molecule has 0 atom stereocenters. The van der Waals surface area contributed by atoms with Gasteiger partial charge in [-0.25, -0.2) is 10.3 Å². The number of halogens is 5. The first-order chi connectivity index (χ1) is 5.36. The number of hydrogen-bond acceptors (Lipinski definition) is 1. The van der Waals surface area contributed by atoms with E-state index in [0.717, 1.165) is 0 Å². The van der Waals surface area contributed by atoms with Gasteiger partial charge in [-0.05, 0) is 0 Å². The minimum Gasteiger partial charge on any atom is -0.243 e. The van der Waals surface area contributed by atoms with Gasteiger partial charge in [0.1, 0.15) is 12.0 Å². The Labute approximate surface area is 63.8 Å². The molecule has 0 fully saturated rings. The van der Waals surface area contributed by atoms with E-state index in [2.05, 4.69) is 10.3 Å². The van der Waals surface area contributed by atoms with E-state index in [1.807, 2.05) is 0 Å². The van der Waals surface area contributed by atoms with E-state index in [1.54, 1.807) is 0 Å². The molecule has 1 aliphatic heterocycles. The molecule has 1 heterocycles. The van der Waals surface area contributed by atoms with Crippen molar-refractivity contribution in [2.75, 3.05) is 0 Å². The Morgan fingerprint density at radius 3 is 2.00 bits per heavy atom. The first-order valence-corrected chi connectivity index (χ1v) is 2.73. The lowest BCUT2D eigenvalue weighted by molar-refractivity contribution is -0.264. The molecule has 0 aromatic rings. The lowest BCUT2D eigenvalue weighted by Crippen LogP contribution is -2.37. The Balaban J connectivity index is 2.92. The fourth-order valence-electron chi connectivity index (χ4n) is 0.540. The zero-order valence-corrected chi connectivity index (χ0v) is 5.44.